The first-order valence-corrected chi connectivity index (χ1v) is 8.96. The van der Waals surface area contributed by atoms with E-state index >= 15 is 0 Å². The molecule has 0 bridgehead atoms. The molecule has 0 N–H and O–H groups in total. The van der Waals surface area contributed by atoms with E-state index in [0.29, 0.717) is 17.7 Å². The first-order chi connectivity index (χ1) is 9.55. The molecule has 1 aliphatic carbocycles. The third-order valence-electron chi connectivity index (χ3n) is 3.59. The number of hydrogen-bond donors (Lipinski definition) is 0. The molecule has 0 radical (unpaired) electrons. The van der Waals surface area contributed by atoms with E-state index < -0.39 is 9.05 Å². The highest BCUT2D eigenvalue weighted by Crippen LogP contribution is 2.35. The molecule has 1 aliphatic rings. The Hall–Kier alpha value is -1.26. The summed E-state index contributed by atoms with van der Waals surface area (Å²) >= 11 is 0. The van der Waals surface area contributed by atoms with Crippen LogP contribution in [0.2, 0.25) is 0 Å². The summed E-state index contributed by atoms with van der Waals surface area (Å²) in [6, 6.07) is 10.5. The minimum absolute atomic E-state index is 0.129. The van der Waals surface area contributed by atoms with Gasteiger partial charge in [-0.25, -0.2) is 8.42 Å². The lowest BCUT2D eigenvalue weighted by Gasteiger charge is -2.11. The van der Waals surface area contributed by atoms with E-state index in [0.717, 1.165) is 17.7 Å². The Labute approximate surface area is 122 Å². The average molecular weight is 311 g/mol. The molecule has 20 heavy (non-hydrogen) atoms. The Morgan fingerprint density at radius 2 is 1.80 bits per heavy atom. The van der Waals surface area contributed by atoms with Crippen LogP contribution < -0.4 is 4.74 Å². The van der Waals surface area contributed by atoms with E-state index in [2.05, 4.69) is 0 Å². The molecule has 3 nitrogen and oxygen atoms in total. The van der Waals surface area contributed by atoms with E-state index in [1.165, 1.54) is 18.9 Å². The van der Waals surface area contributed by atoms with Gasteiger partial charge in [-0.05, 0) is 24.5 Å². The molecule has 0 saturated heterocycles. The standard InChI is InChI=1S/C15H15ClO3S/c16-20(17,18)15-8-7-14(19-10-9-11-5-6-11)12-3-1-2-4-13(12)15/h1-4,7-8,11H,5-6,9-10H2. The van der Waals surface area contributed by atoms with Crippen LogP contribution in [0.3, 0.4) is 0 Å². The molecule has 0 unspecified atom stereocenters. The highest BCUT2D eigenvalue weighted by atomic mass is 35.7. The second-order valence-electron chi connectivity index (χ2n) is 5.13. The molecule has 0 aromatic heterocycles. The number of benzene rings is 2. The molecule has 0 amide bonds. The SMILES string of the molecule is O=S(=O)(Cl)c1ccc(OCCC2CC2)c2ccccc12. The Morgan fingerprint density at radius 1 is 1.10 bits per heavy atom. The van der Waals surface area contributed by atoms with Crippen molar-refractivity contribution in [3.8, 4) is 5.75 Å². The van der Waals surface area contributed by atoms with Gasteiger partial charge in [-0.2, -0.15) is 0 Å². The van der Waals surface area contributed by atoms with Crippen molar-refractivity contribution < 1.29 is 13.2 Å². The number of rotatable bonds is 5. The largest absolute Gasteiger partial charge is 0.493 e. The third kappa shape index (κ3) is 2.91. The van der Waals surface area contributed by atoms with Crippen LogP contribution in [0.4, 0.5) is 0 Å². The van der Waals surface area contributed by atoms with Crippen LogP contribution in [-0.2, 0) is 9.05 Å². The van der Waals surface area contributed by atoms with Gasteiger partial charge in [-0.1, -0.05) is 37.1 Å². The van der Waals surface area contributed by atoms with Gasteiger partial charge in [0, 0.05) is 21.5 Å². The van der Waals surface area contributed by atoms with Gasteiger partial charge in [-0.15, -0.1) is 0 Å². The van der Waals surface area contributed by atoms with Crippen LogP contribution in [-0.4, -0.2) is 15.0 Å². The molecule has 0 spiro atoms. The van der Waals surface area contributed by atoms with Gasteiger partial charge in [-0.3, -0.25) is 0 Å². The lowest BCUT2D eigenvalue weighted by atomic mass is 10.1. The van der Waals surface area contributed by atoms with E-state index in [9.17, 15) is 8.42 Å². The molecule has 0 aliphatic heterocycles. The summed E-state index contributed by atoms with van der Waals surface area (Å²) in [5.41, 5.74) is 0. The van der Waals surface area contributed by atoms with Gasteiger partial charge in [0.1, 0.15) is 5.75 Å². The predicted octanol–water partition coefficient (Wildman–Crippen LogP) is 3.95. The zero-order valence-corrected chi connectivity index (χ0v) is 12.5. The summed E-state index contributed by atoms with van der Waals surface area (Å²) in [6.45, 7) is 0.668. The minimum Gasteiger partial charge on any atom is -0.493 e. The van der Waals surface area contributed by atoms with Crippen molar-refractivity contribution in [3.63, 3.8) is 0 Å². The van der Waals surface area contributed by atoms with Crippen molar-refractivity contribution in [2.45, 2.75) is 24.2 Å². The van der Waals surface area contributed by atoms with Gasteiger partial charge < -0.3 is 4.74 Å². The fraction of sp³-hybridized carbons (Fsp3) is 0.333. The molecular weight excluding hydrogens is 296 g/mol. The average Bonchev–Trinajstić information content (AvgIpc) is 3.21. The van der Waals surface area contributed by atoms with Crippen LogP contribution >= 0.6 is 10.7 Å². The fourth-order valence-corrected chi connectivity index (χ4v) is 3.40. The van der Waals surface area contributed by atoms with Crippen molar-refractivity contribution in [3.05, 3.63) is 36.4 Å². The highest BCUT2D eigenvalue weighted by molar-refractivity contribution is 8.14. The summed E-state index contributed by atoms with van der Waals surface area (Å²) in [7, 11) is 1.72. The molecular formula is C15H15ClO3S. The third-order valence-corrected chi connectivity index (χ3v) is 4.97. The summed E-state index contributed by atoms with van der Waals surface area (Å²) in [5.74, 6) is 1.52. The second kappa shape index (κ2) is 5.26. The van der Waals surface area contributed by atoms with Crippen LogP contribution in [0.5, 0.6) is 5.75 Å². The first-order valence-electron chi connectivity index (χ1n) is 6.65. The van der Waals surface area contributed by atoms with E-state index in [1.54, 1.807) is 18.2 Å². The van der Waals surface area contributed by atoms with Gasteiger partial charge >= 0.3 is 0 Å². The van der Waals surface area contributed by atoms with Crippen molar-refractivity contribution in [2.24, 2.45) is 5.92 Å². The van der Waals surface area contributed by atoms with Gasteiger partial charge in [0.15, 0.2) is 0 Å². The van der Waals surface area contributed by atoms with Crippen LogP contribution in [0.1, 0.15) is 19.3 Å². The quantitative estimate of drug-likeness (QED) is 0.785. The van der Waals surface area contributed by atoms with Gasteiger partial charge in [0.05, 0.1) is 11.5 Å². The van der Waals surface area contributed by atoms with Crippen molar-refractivity contribution in [2.75, 3.05) is 6.61 Å². The summed E-state index contributed by atoms with van der Waals surface area (Å²) in [5, 5.41) is 1.39. The predicted molar refractivity (Wildman–Crippen MR) is 79.8 cm³/mol. The molecule has 2 aromatic rings. The van der Waals surface area contributed by atoms with Crippen LogP contribution in [0.25, 0.3) is 10.8 Å². The molecule has 106 valence electrons. The molecule has 0 heterocycles. The Morgan fingerprint density at radius 3 is 2.45 bits per heavy atom. The smallest absolute Gasteiger partial charge is 0.261 e. The van der Waals surface area contributed by atoms with Crippen LogP contribution in [0.15, 0.2) is 41.3 Å². The van der Waals surface area contributed by atoms with Crippen molar-refractivity contribution in [1.29, 1.82) is 0 Å². The Balaban J connectivity index is 1.97. The van der Waals surface area contributed by atoms with E-state index in [4.69, 9.17) is 15.4 Å². The molecule has 1 saturated carbocycles. The Bertz CT molecular complexity index is 736. The molecule has 1 fully saturated rings. The fourth-order valence-electron chi connectivity index (χ4n) is 2.32. The monoisotopic (exact) mass is 310 g/mol. The number of halogens is 1. The zero-order valence-electron chi connectivity index (χ0n) is 10.9. The van der Waals surface area contributed by atoms with Gasteiger partial charge in [0.2, 0.25) is 0 Å². The number of fused-ring (bicyclic) bond motifs is 1. The lowest BCUT2D eigenvalue weighted by molar-refractivity contribution is 0.306. The maximum absolute atomic E-state index is 11.6. The molecule has 0 atom stereocenters. The Kier molecular flexibility index (Phi) is 3.61. The maximum atomic E-state index is 11.6. The molecule has 3 rings (SSSR count). The first kappa shape index (κ1) is 13.7. The second-order valence-corrected chi connectivity index (χ2v) is 7.66. The summed E-state index contributed by atoms with van der Waals surface area (Å²) in [6.07, 6.45) is 3.66. The van der Waals surface area contributed by atoms with Crippen molar-refractivity contribution in [1.82, 2.24) is 0 Å². The normalized spacial score (nSPS) is 15.4. The number of hydrogen-bond acceptors (Lipinski definition) is 3. The lowest BCUT2D eigenvalue weighted by Crippen LogP contribution is -2.00. The van der Waals surface area contributed by atoms with Crippen LogP contribution in [0, 0.1) is 5.92 Å². The van der Waals surface area contributed by atoms with E-state index in [-0.39, 0.29) is 4.90 Å². The van der Waals surface area contributed by atoms with Gasteiger partial charge in [0.25, 0.3) is 9.05 Å². The number of ether oxygens (including phenoxy) is 1. The van der Waals surface area contributed by atoms with Crippen molar-refractivity contribution >= 4 is 30.5 Å². The topological polar surface area (TPSA) is 43.4 Å². The van der Waals surface area contributed by atoms with E-state index in [1.807, 2.05) is 12.1 Å². The molecule has 5 heteroatoms. The zero-order chi connectivity index (χ0) is 14.2. The molecule has 2 aromatic carbocycles. The summed E-state index contributed by atoms with van der Waals surface area (Å²) < 4.78 is 29.0. The summed E-state index contributed by atoms with van der Waals surface area (Å²) in [4.78, 5) is 0.129. The maximum Gasteiger partial charge on any atom is 0.261 e. The minimum atomic E-state index is -3.75. The highest BCUT2D eigenvalue weighted by Gasteiger charge is 2.21.